The number of carboxylic acids is 1. The molecular weight excluding hydrogens is 443 g/mol. The molecule has 0 atom stereocenters. The molecule has 4 rings (SSSR count). The zero-order valence-electron chi connectivity index (χ0n) is 18.6. The van der Waals surface area contributed by atoms with Crippen LogP contribution in [0.25, 0.3) is 33.4 Å². The van der Waals surface area contributed by atoms with Crippen LogP contribution in [-0.2, 0) is 0 Å². The van der Waals surface area contributed by atoms with E-state index in [9.17, 15) is 19.1 Å². The normalized spacial score (nSPS) is 10.8. The summed E-state index contributed by atoms with van der Waals surface area (Å²) in [7, 11) is 2.84. The van der Waals surface area contributed by atoms with Crippen molar-refractivity contribution in [2.24, 2.45) is 0 Å². The highest BCUT2D eigenvalue weighted by Gasteiger charge is 2.24. The number of carbonyl (C=O) groups is 2. The first-order valence-electron chi connectivity index (χ1n) is 10.4. The summed E-state index contributed by atoms with van der Waals surface area (Å²) in [5.41, 5.74) is 2.01. The van der Waals surface area contributed by atoms with Crippen molar-refractivity contribution < 1.29 is 33.0 Å². The van der Waals surface area contributed by atoms with Crippen LogP contribution >= 0.6 is 0 Å². The molecule has 0 bridgehead atoms. The minimum atomic E-state index is -1.20. The molecule has 0 unspecified atom stereocenters. The minimum absolute atomic E-state index is 0.0248. The molecule has 1 amide bonds. The van der Waals surface area contributed by atoms with E-state index < -0.39 is 17.7 Å². The molecule has 174 valence electrons. The number of furan rings is 1. The second kappa shape index (κ2) is 9.22. The number of carboxylic acid groups (broad SMARTS) is 1. The van der Waals surface area contributed by atoms with Gasteiger partial charge in [0.1, 0.15) is 28.5 Å². The number of benzene rings is 2. The number of fused-ring (bicyclic) bond motifs is 1. The first-order valence-corrected chi connectivity index (χ1v) is 10.4. The molecule has 0 spiro atoms. The first kappa shape index (κ1) is 22.8. The van der Waals surface area contributed by atoms with Crippen molar-refractivity contribution in [3.63, 3.8) is 0 Å². The van der Waals surface area contributed by atoms with Crippen LogP contribution in [0.15, 0.2) is 53.1 Å². The number of nitrogens with one attached hydrogen (secondary N) is 1. The zero-order valence-corrected chi connectivity index (χ0v) is 18.6. The maximum atomic E-state index is 13.5. The fourth-order valence-electron chi connectivity index (χ4n) is 3.70. The van der Waals surface area contributed by atoms with Gasteiger partial charge in [0.2, 0.25) is 5.88 Å². The number of amides is 1. The summed E-state index contributed by atoms with van der Waals surface area (Å²) in [4.78, 5) is 28.7. The Morgan fingerprint density at radius 1 is 1.15 bits per heavy atom. The van der Waals surface area contributed by atoms with Crippen LogP contribution in [0.5, 0.6) is 11.6 Å². The largest absolute Gasteiger partial charge is 0.493 e. The topological polar surface area (TPSA) is 111 Å². The van der Waals surface area contributed by atoms with Gasteiger partial charge in [-0.15, -0.1) is 0 Å². The lowest BCUT2D eigenvalue weighted by Crippen LogP contribution is -2.18. The van der Waals surface area contributed by atoms with Gasteiger partial charge in [0.15, 0.2) is 0 Å². The number of pyridine rings is 1. The molecule has 34 heavy (non-hydrogen) atoms. The molecule has 0 radical (unpaired) electrons. The van der Waals surface area contributed by atoms with E-state index in [1.54, 1.807) is 12.1 Å². The van der Waals surface area contributed by atoms with Crippen LogP contribution in [-0.4, -0.2) is 42.7 Å². The van der Waals surface area contributed by atoms with Gasteiger partial charge in [0.05, 0.1) is 19.3 Å². The number of aromatic carboxylic acids is 1. The highest BCUT2D eigenvalue weighted by Crippen LogP contribution is 2.41. The Labute approximate surface area is 193 Å². The summed E-state index contributed by atoms with van der Waals surface area (Å²) in [6, 6.07) is 10.4. The van der Waals surface area contributed by atoms with E-state index in [0.29, 0.717) is 40.0 Å². The van der Waals surface area contributed by atoms with E-state index in [1.165, 1.54) is 50.7 Å². The van der Waals surface area contributed by atoms with Gasteiger partial charge in [-0.1, -0.05) is 0 Å². The number of halogens is 1. The van der Waals surface area contributed by atoms with E-state index in [-0.39, 0.29) is 22.8 Å². The Balaban J connectivity index is 2.01. The van der Waals surface area contributed by atoms with Crippen LogP contribution in [0.3, 0.4) is 0 Å². The van der Waals surface area contributed by atoms with Crippen LogP contribution in [0.2, 0.25) is 0 Å². The average Bonchev–Trinajstić information content (AvgIpc) is 3.21. The summed E-state index contributed by atoms with van der Waals surface area (Å²) < 4.78 is 30.4. The molecule has 0 aliphatic rings. The number of aromatic nitrogens is 1. The van der Waals surface area contributed by atoms with Gasteiger partial charge >= 0.3 is 5.97 Å². The number of methoxy groups -OCH3 is 1. The summed E-state index contributed by atoms with van der Waals surface area (Å²) in [5.74, 6) is -1.34. The second-order valence-electron chi connectivity index (χ2n) is 7.26. The van der Waals surface area contributed by atoms with Gasteiger partial charge < -0.3 is 24.3 Å². The van der Waals surface area contributed by atoms with E-state index in [4.69, 9.17) is 13.9 Å². The quantitative estimate of drug-likeness (QED) is 0.405. The highest BCUT2D eigenvalue weighted by atomic mass is 19.1. The summed E-state index contributed by atoms with van der Waals surface area (Å²) in [6.07, 6.45) is 1.47. The fourth-order valence-corrected chi connectivity index (χ4v) is 3.70. The number of hydrogen-bond acceptors (Lipinski definition) is 6. The molecule has 0 saturated heterocycles. The van der Waals surface area contributed by atoms with Gasteiger partial charge in [0, 0.05) is 41.4 Å². The monoisotopic (exact) mass is 464 g/mol. The predicted octanol–water partition coefficient (Wildman–Crippen LogP) is 4.77. The number of nitrogens with zero attached hydrogens (tertiary/aromatic N) is 1. The zero-order chi connectivity index (χ0) is 24.4. The summed E-state index contributed by atoms with van der Waals surface area (Å²) >= 11 is 0. The second-order valence-corrected chi connectivity index (χ2v) is 7.26. The molecule has 0 fully saturated rings. The maximum Gasteiger partial charge on any atom is 0.341 e. The summed E-state index contributed by atoms with van der Waals surface area (Å²) in [5, 5.41) is 12.6. The molecule has 9 heteroatoms. The molecule has 0 saturated carbocycles. The molecule has 0 aliphatic carbocycles. The lowest BCUT2D eigenvalue weighted by Gasteiger charge is -2.12. The van der Waals surface area contributed by atoms with E-state index in [1.807, 2.05) is 6.92 Å². The molecule has 2 heterocycles. The number of hydrogen-bond donors (Lipinski definition) is 2. The number of carbonyl (C=O) groups excluding carboxylic acids is 1. The number of rotatable bonds is 7. The standard InChI is InChI=1S/C25H21FN2O6/c1-4-33-19-11-20-17(10-16(19)14-9-18(25(30)31)24(32-3)28-12-14)21(23(29)27-2)22(34-20)13-5-7-15(26)8-6-13/h5-12H,4H2,1-3H3,(H,27,29)(H,30,31). The third-order valence-corrected chi connectivity index (χ3v) is 5.24. The Kier molecular flexibility index (Phi) is 6.18. The lowest BCUT2D eigenvalue weighted by atomic mass is 9.99. The van der Waals surface area contributed by atoms with Crippen LogP contribution in [0.4, 0.5) is 4.39 Å². The smallest absolute Gasteiger partial charge is 0.341 e. The fraction of sp³-hybridized carbons (Fsp3) is 0.160. The van der Waals surface area contributed by atoms with Crippen molar-refractivity contribution in [2.75, 3.05) is 20.8 Å². The van der Waals surface area contributed by atoms with Gasteiger partial charge in [-0.3, -0.25) is 4.79 Å². The van der Waals surface area contributed by atoms with Crippen molar-refractivity contribution >= 4 is 22.8 Å². The SMILES string of the molecule is CCOc1cc2oc(-c3ccc(F)cc3)c(C(=O)NC)c2cc1-c1cnc(OC)c(C(=O)O)c1. The highest BCUT2D eigenvalue weighted by molar-refractivity contribution is 6.12. The van der Waals surface area contributed by atoms with E-state index >= 15 is 0 Å². The van der Waals surface area contributed by atoms with Crippen LogP contribution in [0, 0.1) is 5.82 Å². The van der Waals surface area contributed by atoms with Crippen LogP contribution < -0.4 is 14.8 Å². The minimum Gasteiger partial charge on any atom is -0.493 e. The van der Waals surface area contributed by atoms with Crippen molar-refractivity contribution in [2.45, 2.75) is 6.92 Å². The number of ether oxygens (including phenoxy) is 2. The predicted molar refractivity (Wildman–Crippen MR) is 123 cm³/mol. The molecule has 0 aliphatic heterocycles. The Hall–Kier alpha value is -4.40. The van der Waals surface area contributed by atoms with Crippen molar-refractivity contribution in [3.05, 3.63) is 65.6 Å². The molecule has 4 aromatic rings. The van der Waals surface area contributed by atoms with E-state index in [2.05, 4.69) is 10.3 Å². The lowest BCUT2D eigenvalue weighted by molar-refractivity contribution is 0.0692. The Bertz CT molecular complexity index is 1400. The van der Waals surface area contributed by atoms with Gasteiger partial charge in [-0.2, -0.15) is 0 Å². The average molecular weight is 464 g/mol. The summed E-state index contributed by atoms with van der Waals surface area (Å²) in [6.45, 7) is 2.15. The molecule has 2 aromatic heterocycles. The Morgan fingerprint density at radius 3 is 2.50 bits per heavy atom. The van der Waals surface area contributed by atoms with Gasteiger partial charge in [-0.25, -0.2) is 14.2 Å². The van der Waals surface area contributed by atoms with Crippen LogP contribution in [0.1, 0.15) is 27.6 Å². The van der Waals surface area contributed by atoms with Crippen molar-refractivity contribution in [1.82, 2.24) is 10.3 Å². The molecule has 2 aromatic carbocycles. The van der Waals surface area contributed by atoms with Gasteiger partial charge in [-0.05, 0) is 43.3 Å². The maximum absolute atomic E-state index is 13.5. The van der Waals surface area contributed by atoms with Crippen molar-refractivity contribution in [1.29, 1.82) is 0 Å². The Morgan fingerprint density at radius 2 is 1.88 bits per heavy atom. The van der Waals surface area contributed by atoms with E-state index in [0.717, 1.165) is 0 Å². The van der Waals surface area contributed by atoms with Crippen molar-refractivity contribution in [3.8, 4) is 34.1 Å². The first-order chi connectivity index (χ1) is 16.4. The molecular formula is C25H21FN2O6. The molecule has 8 nitrogen and oxygen atoms in total. The third kappa shape index (κ3) is 4.03. The van der Waals surface area contributed by atoms with Gasteiger partial charge in [0.25, 0.3) is 5.91 Å². The molecule has 2 N–H and O–H groups in total. The third-order valence-electron chi connectivity index (χ3n) is 5.24.